The second-order valence-electron chi connectivity index (χ2n) is 5.23. The summed E-state index contributed by atoms with van der Waals surface area (Å²) in [6.07, 6.45) is 1.51. The number of hydrogen-bond donors (Lipinski definition) is 0. The van der Waals surface area contributed by atoms with E-state index in [0.29, 0.717) is 15.7 Å². The maximum Gasteiger partial charge on any atom is 0.348 e. The molecule has 0 fully saturated rings. The summed E-state index contributed by atoms with van der Waals surface area (Å²) >= 11 is 7.23. The van der Waals surface area contributed by atoms with Crippen LogP contribution < -0.4 is 0 Å². The van der Waals surface area contributed by atoms with Gasteiger partial charge in [0.25, 0.3) is 11.8 Å². The molecule has 0 aliphatic carbocycles. The summed E-state index contributed by atoms with van der Waals surface area (Å²) in [7, 11) is 0. The number of rotatable bonds is 5. The lowest BCUT2D eigenvalue weighted by Gasteiger charge is -1.99. The number of nitrogens with zero attached hydrogens (tertiary/aromatic N) is 2. The Morgan fingerprint density at radius 1 is 1.12 bits per heavy atom. The average molecular weight is 387 g/mol. The highest BCUT2D eigenvalue weighted by molar-refractivity contribution is 7.17. The molecule has 0 saturated heterocycles. The van der Waals surface area contributed by atoms with Gasteiger partial charge in [-0.3, -0.25) is 0 Å². The van der Waals surface area contributed by atoms with Crippen molar-refractivity contribution in [3.63, 3.8) is 0 Å². The maximum atomic E-state index is 12.2. The predicted molar refractivity (Wildman–Crippen MR) is 95.9 cm³/mol. The molecule has 3 aromatic heterocycles. The Bertz CT molecular complexity index is 1020. The van der Waals surface area contributed by atoms with Crippen LogP contribution in [-0.2, 0) is 11.3 Å². The van der Waals surface area contributed by atoms with Crippen molar-refractivity contribution in [1.29, 1.82) is 0 Å². The first-order valence-corrected chi connectivity index (χ1v) is 8.77. The minimum Gasteiger partial charge on any atom is -0.459 e. The van der Waals surface area contributed by atoms with E-state index < -0.39 is 5.97 Å². The Kier molecular flexibility index (Phi) is 4.55. The molecular formula is C18H11ClN2O4S. The fourth-order valence-electron chi connectivity index (χ4n) is 2.23. The molecule has 3 heterocycles. The van der Waals surface area contributed by atoms with Crippen molar-refractivity contribution < 1.29 is 18.4 Å². The van der Waals surface area contributed by atoms with Crippen molar-refractivity contribution in [2.45, 2.75) is 6.61 Å². The lowest BCUT2D eigenvalue weighted by Crippen LogP contribution is -2.03. The summed E-state index contributed by atoms with van der Waals surface area (Å²) in [6.45, 7) is -0.110. The summed E-state index contributed by atoms with van der Waals surface area (Å²) in [5.41, 5.74) is 0.985. The quantitative estimate of drug-likeness (QED) is 0.445. The fraction of sp³-hybridized carbons (Fsp3) is 0.0556. The fourth-order valence-corrected chi connectivity index (χ4v) is 3.26. The van der Waals surface area contributed by atoms with E-state index in [0.717, 1.165) is 10.4 Å². The van der Waals surface area contributed by atoms with Crippen LogP contribution in [0.3, 0.4) is 0 Å². The van der Waals surface area contributed by atoms with Crippen LogP contribution in [-0.4, -0.2) is 16.2 Å². The monoisotopic (exact) mass is 386 g/mol. The van der Waals surface area contributed by atoms with Gasteiger partial charge in [0.05, 0.1) is 6.26 Å². The molecule has 1 aromatic carbocycles. The number of carbonyl (C=O) groups excluding carboxylic acids is 1. The third kappa shape index (κ3) is 3.54. The molecule has 0 unspecified atom stereocenters. The van der Waals surface area contributed by atoms with Gasteiger partial charge < -0.3 is 13.6 Å². The first-order chi connectivity index (χ1) is 12.7. The van der Waals surface area contributed by atoms with Crippen molar-refractivity contribution >= 4 is 28.9 Å². The van der Waals surface area contributed by atoms with Gasteiger partial charge in [-0.15, -0.1) is 21.5 Å². The predicted octanol–water partition coefficient (Wildman–Crippen LogP) is 5.07. The van der Waals surface area contributed by atoms with Crippen LogP contribution in [0.15, 0.2) is 63.6 Å². The minimum absolute atomic E-state index is 0.110. The Morgan fingerprint density at radius 3 is 2.73 bits per heavy atom. The highest BCUT2D eigenvalue weighted by Crippen LogP contribution is 2.29. The number of hydrogen-bond acceptors (Lipinski definition) is 7. The van der Waals surface area contributed by atoms with Crippen LogP contribution in [0.5, 0.6) is 0 Å². The largest absolute Gasteiger partial charge is 0.459 e. The Labute approximate surface area is 157 Å². The molecule has 0 atom stereocenters. The molecule has 0 spiro atoms. The van der Waals surface area contributed by atoms with E-state index in [1.807, 2.05) is 18.2 Å². The maximum absolute atomic E-state index is 12.2. The van der Waals surface area contributed by atoms with Gasteiger partial charge in [-0.25, -0.2) is 4.79 Å². The molecule has 4 rings (SSSR count). The summed E-state index contributed by atoms with van der Waals surface area (Å²) in [5.74, 6) is 0.440. The molecule has 130 valence electrons. The van der Waals surface area contributed by atoms with Gasteiger partial charge >= 0.3 is 5.97 Å². The van der Waals surface area contributed by atoms with Crippen molar-refractivity contribution in [1.82, 2.24) is 10.2 Å². The van der Waals surface area contributed by atoms with Gasteiger partial charge in [0.15, 0.2) is 12.4 Å². The normalized spacial score (nSPS) is 10.8. The van der Waals surface area contributed by atoms with Crippen LogP contribution >= 0.6 is 22.9 Å². The van der Waals surface area contributed by atoms with E-state index in [1.54, 1.807) is 30.3 Å². The molecule has 0 amide bonds. The van der Waals surface area contributed by atoms with E-state index in [9.17, 15) is 4.79 Å². The van der Waals surface area contributed by atoms with Gasteiger partial charge in [0.1, 0.15) is 4.88 Å². The van der Waals surface area contributed by atoms with Crippen molar-refractivity contribution in [3.05, 3.63) is 70.6 Å². The number of carbonyl (C=O) groups is 1. The van der Waals surface area contributed by atoms with Gasteiger partial charge in [0.2, 0.25) is 0 Å². The van der Waals surface area contributed by atoms with Crippen molar-refractivity contribution in [2.75, 3.05) is 0 Å². The van der Waals surface area contributed by atoms with Crippen molar-refractivity contribution in [2.24, 2.45) is 0 Å². The van der Waals surface area contributed by atoms with E-state index in [4.69, 9.17) is 25.2 Å². The number of aromatic nitrogens is 2. The van der Waals surface area contributed by atoms with Gasteiger partial charge in [-0.05, 0) is 42.0 Å². The van der Waals surface area contributed by atoms with E-state index in [-0.39, 0.29) is 18.4 Å². The summed E-state index contributed by atoms with van der Waals surface area (Å²) in [4.78, 5) is 13.6. The minimum atomic E-state index is -0.451. The summed E-state index contributed by atoms with van der Waals surface area (Å²) < 4.78 is 15.8. The molecule has 0 bridgehead atoms. The summed E-state index contributed by atoms with van der Waals surface area (Å²) in [6, 6.07) is 14.4. The van der Waals surface area contributed by atoms with E-state index in [1.165, 1.54) is 17.6 Å². The highest BCUT2D eigenvalue weighted by Gasteiger charge is 2.15. The number of benzene rings is 1. The second kappa shape index (κ2) is 7.15. The molecule has 4 aromatic rings. The third-order valence-corrected chi connectivity index (χ3v) is 4.83. The number of esters is 1. The first kappa shape index (κ1) is 16.6. The molecule has 0 saturated carbocycles. The zero-order chi connectivity index (χ0) is 17.9. The number of ether oxygens (including phenoxy) is 1. The summed E-state index contributed by atoms with van der Waals surface area (Å²) in [5, 5.41) is 8.35. The van der Waals surface area contributed by atoms with Crippen LogP contribution in [0.1, 0.15) is 15.6 Å². The molecule has 0 radical (unpaired) electrons. The van der Waals surface area contributed by atoms with Crippen LogP contribution in [0.25, 0.3) is 22.1 Å². The molecule has 0 aliphatic rings. The Morgan fingerprint density at radius 2 is 1.96 bits per heavy atom. The highest BCUT2D eigenvalue weighted by atomic mass is 35.5. The molecule has 0 aliphatic heterocycles. The number of furan rings is 1. The molecular weight excluding hydrogens is 376 g/mol. The first-order valence-electron chi connectivity index (χ1n) is 7.58. The average Bonchev–Trinajstić information content (AvgIpc) is 3.41. The second-order valence-corrected chi connectivity index (χ2v) is 6.75. The van der Waals surface area contributed by atoms with Gasteiger partial charge in [-0.2, -0.15) is 0 Å². The zero-order valence-electron chi connectivity index (χ0n) is 13.2. The van der Waals surface area contributed by atoms with Crippen LogP contribution in [0, 0.1) is 0 Å². The Hall–Kier alpha value is -2.90. The number of thiophene rings is 1. The van der Waals surface area contributed by atoms with Crippen LogP contribution in [0.2, 0.25) is 5.02 Å². The lowest BCUT2D eigenvalue weighted by molar-refractivity contribution is 0.0444. The van der Waals surface area contributed by atoms with Gasteiger partial charge in [-0.1, -0.05) is 23.7 Å². The number of halogens is 1. The zero-order valence-corrected chi connectivity index (χ0v) is 14.8. The van der Waals surface area contributed by atoms with Gasteiger partial charge in [0, 0.05) is 9.90 Å². The topological polar surface area (TPSA) is 78.4 Å². The van der Waals surface area contributed by atoms with Crippen LogP contribution in [0.4, 0.5) is 0 Å². The molecule has 8 heteroatoms. The lowest BCUT2D eigenvalue weighted by atomic mass is 10.2. The molecule has 6 nitrogen and oxygen atoms in total. The van der Waals surface area contributed by atoms with Crippen molar-refractivity contribution in [3.8, 4) is 22.1 Å². The Balaban J connectivity index is 1.40. The molecule has 0 N–H and O–H groups in total. The van der Waals surface area contributed by atoms with E-state index >= 15 is 0 Å². The standard InChI is InChI=1S/C18H11ClN2O4S/c19-12-5-3-11(4-6-12)14-7-8-15(26-14)18(22)24-10-16-20-21-17(25-16)13-2-1-9-23-13/h1-9H,10H2. The smallest absolute Gasteiger partial charge is 0.348 e. The van der Waals surface area contributed by atoms with E-state index in [2.05, 4.69) is 10.2 Å². The SMILES string of the molecule is O=C(OCc1nnc(-c2ccco2)o1)c1ccc(-c2ccc(Cl)cc2)s1. The third-order valence-electron chi connectivity index (χ3n) is 3.46. The molecule has 26 heavy (non-hydrogen) atoms.